The van der Waals surface area contributed by atoms with Crippen molar-refractivity contribution >= 4 is 29.5 Å². The van der Waals surface area contributed by atoms with Gasteiger partial charge in [0.05, 0.1) is 24.3 Å². The van der Waals surface area contributed by atoms with Gasteiger partial charge < -0.3 is 25.8 Å². The lowest BCUT2D eigenvalue weighted by atomic mass is 9.92. The highest BCUT2D eigenvalue weighted by atomic mass is 19.4. The minimum atomic E-state index is -4.63. The monoisotopic (exact) mass is 682 g/mol. The Kier molecular flexibility index (Phi) is 12.4. The van der Waals surface area contributed by atoms with Crippen LogP contribution < -0.4 is 20.9 Å². The molecule has 0 bridgehead atoms. The van der Waals surface area contributed by atoms with Crippen molar-refractivity contribution in [2.24, 2.45) is 5.92 Å². The van der Waals surface area contributed by atoms with Gasteiger partial charge in [0, 0.05) is 18.7 Å². The van der Waals surface area contributed by atoms with Gasteiger partial charge in [0.25, 0.3) is 5.91 Å². The number of carbonyl (C=O) groups is 4. The number of hydrogen-bond acceptors (Lipinski definition) is 6. The first-order valence-electron chi connectivity index (χ1n) is 16.0. The van der Waals surface area contributed by atoms with Crippen molar-refractivity contribution in [1.82, 2.24) is 16.0 Å². The van der Waals surface area contributed by atoms with Gasteiger partial charge >= 0.3 is 12.3 Å². The fourth-order valence-electron chi connectivity index (χ4n) is 5.68. The Morgan fingerprint density at radius 1 is 0.898 bits per heavy atom. The van der Waals surface area contributed by atoms with Crippen LogP contribution in [0, 0.1) is 5.92 Å². The van der Waals surface area contributed by atoms with E-state index in [1.807, 2.05) is 48.5 Å². The van der Waals surface area contributed by atoms with Crippen LogP contribution in [0.3, 0.4) is 0 Å². The fourth-order valence-corrected chi connectivity index (χ4v) is 5.68. The maximum Gasteiger partial charge on any atom is 0.416 e. The zero-order valence-corrected chi connectivity index (χ0v) is 27.4. The van der Waals surface area contributed by atoms with E-state index in [2.05, 4.69) is 16.0 Å². The molecule has 10 nitrogen and oxygen atoms in total. The number of benzene rings is 3. The van der Waals surface area contributed by atoms with Crippen molar-refractivity contribution in [3.05, 3.63) is 102 Å². The van der Waals surface area contributed by atoms with Crippen LogP contribution in [-0.2, 0) is 38.1 Å². The highest BCUT2D eigenvalue weighted by Gasteiger charge is 2.40. The van der Waals surface area contributed by atoms with Crippen molar-refractivity contribution in [3.8, 4) is 0 Å². The maximum atomic E-state index is 13.5. The molecule has 1 aliphatic rings. The van der Waals surface area contributed by atoms with E-state index in [0.29, 0.717) is 6.42 Å². The molecular formula is C36H41F3N4O6. The number of nitrogens with zero attached hydrogens (tertiary/aromatic N) is 1. The summed E-state index contributed by atoms with van der Waals surface area (Å²) in [4.78, 5) is 52.3. The average Bonchev–Trinajstić information content (AvgIpc) is 3.45. The molecule has 13 heteroatoms. The van der Waals surface area contributed by atoms with Gasteiger partial charge in [0.2, 0.25) is 11.8 Å². The third kappa shape index (κ3) is 10.5. The number of ether oxygens (including phenoxy) is 1. The topological polar surface area (TPSA) is 137 Å². The summed E-state index contributed by atoms with van der Waals surface area (Å²) >= 11 is 0. The zero-order chi connectivity index (χ0) is 35.7. The number of halogens is 3. The molecule has 4 amide bonds. The molecular weight excluding hydrogens is 641 g/mol. The van der Waals surface area contributed by atoms with Gasteiger partial charge in [-0.2, -0.15) is 13.2 Å². The van der Waals surface area contributed by atoms with Crippen LogP contribution in [0.2, 0.25) is 0 Å². The first kappa shape index (κ1) is 36.9. The summed E-state index contributed by atoms with van der Waals surface area (Å²) in [5, 5.41) is 20.1. The van der Waals surface area contributed by atoms with Gasteiger partial charge in [-0.15, -0.1) is 0 Å². The van der Waals surface area contributed by atoms with Crippen molar-refractivity contribution < 1.29 is 42.2 Å². The van der Waals surface area contributed by atoms with Crippen LogP contribution in [0.1, 0.15) is 43.9 Å². The minimum Gasteiger partial charge on any atom is -0.434 e. The Morgan fingerprint density at radius 2 is 1.51 bits per heavy atom. The summed E-state index contributed by atoms with van der Waals surface area (Å²) in [6, 6.07) is 20.2. The number of amides is 4. The van der Waals surface area contributed by atoms with Crippen molar-refractivity contribution in [2.45, 2.75) is 76.5 Å². The van der Waals surface area contributed by atoms with Crippen LogP contribution in [-0.4, -0.2) is 65.8 Å². The van der Waals surface area contributed by atoms with E-state index in [1.54, 1.807) is 26.0 Å². The lowest BCUT2D eigenvalue weighted by molar-refractivity contribution is -0.137. The second kappa shape index (κ2) is 16.5. The number of aliphatic hydroxyl groups excluding tert-OH is 1. The third-order valence-electron chi connectivity index (χ3n) is 8.19. The highest BCUT2D eigenvalue weighted by Crippen LogP contribution is 2.33. The predicted molar refractivity (Wildman–Crippen MR) is 176 cm³/mol. The van der Waals surface area contributed by atoms with Crippen LogP contribution in [0.4, 0.5) is 23.7 Å². The molecule has 1 heterocycles. The second-order valence-corrected chi connectivity index (χ2v) is 12.5. The molecule has 262 valence electrons. The third-order valence-corrected chi connectivity index (χ3v) is 8.19. The van der Waals surface area contributed by atoms with Gasteiger partial charge in [-0.05, 0) is 54.5 Å². The Bertz CT molecular complexity index is 1590. The average molecular weight is 683 g/mol. The molecule has 0 radical (unpaired) electrons. The van der Waals surface area contributed by atoms with E-state index >= 15 is 0 Å². The summed E-state index contributed by atoms with van der Waals surface area (Å²) in [6.07, 6.45) is -7.67. The lowest BCUT2D eigenvalue weighted by Gasteiger charge is -2.30. The number of rotatable bonds is 14. The number of alkyl halides is 3. The first-order valence-corrected chi connectivity index (χ1v) is 16.0. The number of nitrogens with one attached hydrogen (secondary N) is 3. The Morgan fingerprint density at radius 3 is 2.08 bits per heavy atom. The normalized spacial score (nSPS) is 17.1. The van der Waals surface area contributed by atoms with Crippen LogP contribution in [0.5, 0.6) is 0 Å². The number of carbonyl (C=O) groups excluding carboxylic acids is 4. The molecule has 4 rings (SSSR count). The molecule has 49 heavy (non-hydrogen) atoms. The lowest BCUT2D eigenvalue weighted by Crippen LogP contribution is -2.54. The Balaban J connectivity index is 1.54. The van der Waals surface area contributed by atoms with Crippen LogP contribution in [0.15, 0.2) is 84.9 Å². The van der Waals surface area contributed by atoms with Crippen molar-refractivity contribution in [1.29, 1.82) is 0 Å². The van der Waals surface area contributed by atoms with Gasteiger partial charge in [-0.25, -0.2) is 4.79 Å². The molecule has 3 aromatic rings. The smallest absolute Gasteiger partial charge is 0.416 e. The molecule has 0 spiro atoms. The molecule has 1 aliphatic heterocycles. The molecule has 0 unspecified atom stereocenters. The summed E-state index contributed by atoms with van der Waals surface area (Å²) in [5.74, 6) is -1.74. The molecule has 1 fully saturated rings. The SMILES string of the molecule is CC(=O)N[C@H](C(=O)N[C@@H](Cc1ccccc1)C[C@H](O)[C@H](Cc1ccccc1)NC(=O)[C@@H]1CN(c2cccc(C(F)(F)F)c2)C(=O)O1)C(C)C. The first-order chi connectivity index (χ1) is 23.2. The number of hydrogen-bond donors (Lipinski definition) is 4. The summed E-state index contributed by atoms with van der Waals surface area (Å²) < 4.78 is 45.2. The summed E-state index contributed by atoms with van der Waals surface area (Å²) in [6.45, 7) is 4.59. The fraction of sp³-hybridized carbons (Fsp3) is 0.389. The molecule has 0 aliphatic carbocycles. The summed E-state index contributed by atoms with van der Waals surface area (Å²) in [5.41, 5.74) is 0.645. The number of cyclic esters (lactones) is 1. The minimum absolute atomic E-state index is 0.00408. The van der Waals surface area contributed by atoms with Gasteiger partial charge in [0.15, 0.2) is 6.10 Å². The Hall–Kier alpha value is -4.91. The molecule has 3 aromatic carbocycles. The van der Waals surface area contributed by atoms with Crippen molar-refractivity contribution in [2.75, 3.05) is 11.4 Å². The second-order valence-electron chi connectivity index (χ2n) is 12.5. The largest absolute Gasteiger partial charge is 0.434 e. The van der Waals surface area contributed by atoms with E-state index < -0.39 is 60.0 Å². The van der Waals surface area contributed by atoms with Gasteiger partial charge in [-0.3, -0.25) is 19.3 Å². The van der Waals surface area contributed by atoms with E-state index in [9.17, 15) is 37.5 Å². The van der Waals surface area contributed by atoms with Crippen molar-refractivity contribution in [3.63, 3.8) is 0 Å². The van der Waals surface area contributed by atoms with E-state index in [-0.39, 0.29) is 36.9 Å². The van der Waals surface area contributed by atoms with Crippen LogP contribution in [0.25, 0.3) is 0 Å². The number of aliphatic hydroxyl groups is 1. The quantitative estimate of drug-likeness (QED) is 0.199. The molecule has 0 saturated carbocycles. The zero-order valence-electron chi connectivity index (χ0n) is 27.4. The summed E-state index contributed by atoms with van der Waals surface area (Å²) in [7, 11) is 0. The molecule has 0 aromatic heterocycles. The molecule has 1 saturated heterocycles. The molecule has 5 atom stereocenters. The maximum absolute atomic E-state index is 13.5. The van der Waals surface area contributed by atoms with Gasteiger partial charge in [-0.1, -0.05) is 80.6 Å². The van der Waals surface area contributed by atoms with E-state index in [1.165, 1.54) is 13.0 Å². The Labute approximate surface area is 283 Å². The molecule has 4 N–H and O–H groups in total. The van der Waals surface area contributed by atoms with Crippen LogP contribution >= 0.6 is 0 Å². The van der Waals surface area contributed by atoms with Gasteiger partial charge in [0.1, 0.15) is 6.04 Å². The van der Waals surface area contributed by atoms with E-state index in [4.69, 9.17) is 4.74 Å². The predicted octanol–water partition coefficient (Wildman–Crippen LogP) is 4.40. The van der Waals surface area contributed by atoms with E-state index in [0.717, 1.165) is 34.2 Å². The number of anilines is 1. The standard InChI is InChI=1S/C36H41F3N4O6/c1-22(2)32(40-23(3)44)34(47)41-27(17-24-11-6-4-7-12-24)20-30(45)29(18-25-13-8-5-9-14-25)42-33(46)31-21-43(35(48)49-31)28-16-10-15-26(19-28)36(37,38)39/h4-16,19,22,27,29-32,45H,17-18,20-21H2,1-3H3,(H,40,44)(H,41,47)(H,42,46)/t27-,29-,30-,31-,32-/m0/s1. The highest BCUT2D eigenvalue weighted by molar-refractivity contribution is 5.95.